The average Bonchev–Trinajstić information content (AvgIpc) is 3.18. The monoisotopic (exact) mass is 638 g/mol. The molecular weight excluding hydrogens is 604 g/mol. The molecule has 1 atom stereocenters. The Bertz CT molecular complexity index is 1280. The lowest BCUT2D eigenvalue weighted by molar-refractivity contribution is -0.0775. The highest BCUT2D eigenvalue weighted by molar-refractivity contribution is 9.10. The normalized spacial score (nSPS) is 18.2. The van der Waals surface area contributed by atoms with Gasteiger partial charge >= 0.3 is 6.09 Å². The van der Waals surface area contributed by atoms with Gasteiger partial charge in [-0.3, -0.25) is 14.9 Å². The minimum atomic E-state index is -1.14. The molecule has 3 heterocycles. The molecule has 2 fully saturated rings. The van der Waals surface area contributed by atoms with Crippen molar-refractivity contribution in [2.75, 3.05) is 31.5 Å². The first-order chi connectivity index (χ1) is 18.6. The maximum Gasteiger partial charge on any atom is 0.410 e. The number of carbonyl (C=O) groups excluding carboxylic acids is 3. The largest absolute Gasteiger partial charge is 0.444 e. The van der Waals surface area contributed by atoms with E-state index >= 15 is 0 Å². The summed E-state index contributed by atoms with van der Waals surface area (Å²) in [6.45, 7) is 9.11. The smallest absolute Gasteiger partial charge is 0.410 e. The zero-order chi connectivity index (χ0) is 29.4. The molecule has 0 bridgehead atoms. The van der Waals surface area contributed by atoms with E-state index in [0.29, 0.717) is 54.9 Å². The third kappa shape index (κ3) is 6.96. The number of halogens is 2. The second kappa shape index (κ2) is 11.7. The Morgan fingerprint density at radius 2 is 1.77 bits per heavy atom. The van der Waals surface area contributed by atoms with Gasteiger partial charge < -0.3 is 29.5 Å². The molecule has 2 aliphatic heterocycles. The Morgan fingerprint density at radius 3 is 2.33 bits per heavy atom. The number of carbonyl (C=O) groups is 3. The molecule has 3 amide bonds. The van der Waals surface area contributed by atoms with Gasteiger partial charge in [-0.05, 0) is 74.7 Å². The number of ether oxygens (including phenoxy) is 1. The standard InChI is InChI=1S/C27H36BrClN6O5/c1-26(2,3)40-25(38)35-14-18(15-35)32-27(4,39)16-8-10-34(11-9-16)24(37)19-7-6-17(12-20(19)29)31-23(36)22-30-13-21(28)33(22)5/h6-7,12-13,16,18,32,39H,8-11,14-15H2,1-5H3,(H,31,36). The number of piperidine rings is 1. The van der Waals surface area contributed by atoms with Crippen LogP contribution in [0.15, 0.2) is 29.0 Å². The summed E-state index contributed by atoms with van der Waals surface area (Å²) in [7, 11) is 1.72. The number of aromatic nitrogens is 2. The summed E-state index contributed by atoms with van der Waals surface area (Å²) in [5.74, 6) is -0.431. The van der Waals surface area contributed by atoms with Crippen LogP contribution >= 0.6 is 27.5 Å². The molecule has 2 saturated heterocycles. The van der Waals surface area contributed by atoms with Crippen LogP contribution in [0.5, 0.6) is 0 Å². The van der Waals surface area contributed by atoms with Gasteiger partial charge in [0.15, 0.2) is 5.82 Å². The van der Waals surface area contributed by atoms with Crippen molar-refractivity contribution in [3.63, 3.8) is 0 Å². The van der Waals surface area contributed by atoms with Gasteiger partial charge in [-0.25, -0.2) is 9.78 Å². The number of likely N-dealkylation sites (tertiary alicyclic amines) is 2. The summed E-state index contributed by atoms with van der Waals surface area (Å²) in [5.41, 5.74) is -0.890. The molecule has 1 unspecified atom stereocenters. The fourth-order valence-corrected chi connectivity index (χ4v) is 5.48. The molecule has 2 aliphatic rings. The molecule has 40 heavy (non-hydrogen) atoms. The number of anilines is 1. The average molecular weight is 640 g/mol. The van der Waals surface area contributed by atoms with E-state index in [2.05, 4.69) is 31.5 Å². The van der Waals surface area contributed by atoms with Crippen molar-refractivity contribution in [2.24, 2.45) is 13.0 Å². The predicted octanol–water partition coefficient (Wildman–Crippen LogP) is 3.86. The van der Waals surface area contributed by atoms with Gasteiger partial charge in [0.05, 0.1) is 16.8 Å². The minimum absolute atomic E-state index is 0.0288. The van der Waals surface area contributed by atoms with E-state index in [-0.39, 0.29) is 34.8 Å². The van der Waals surface area contributed by atoms with Crippen molar-refractivity contribution in [1.82, 2.24) is 24.7 Å². The molecule has 0 aliphatic carbocycles. The van der Waals surface area contributed by atoms with Crippen molar-refractivity contribution >= 4 is 51.1 Å². The molecule has 11 nitrogen and oxygen atoms in total. The number of aliphatic hydroxyl groups is 1. The van der Waals surface area contributed by atoms with Crippen LogP contribution in [0, 0.1) is 5.92 Å². The van der Waals surface area contributed by atoms with Crippen molar-refractivity contribution in [3.05, 3.63) is 45.4 Å². The molecular formula is C27H36BrClN6O5. The summed E-state index contributed by atoms with van der Waals surface area (Å²) < 4.78 is 7.67. The third-order valence-corrected chi connectivity index (χ3v) is 8.25. The zero-order valence-electron chi connectivity index (χ0n) is 23.3. The summed E-state index contributed by atoms with van der Waals surface area (Å²) in [4.78, 5) is 45.3. The number of benzene rings is 1. The first kappa shape index (κ1) is 30.3. The van der Waals surface area contributed by atoms with E-state index < -0.39 is 17.2 Å². The number of nitrogens with one attached hydrogen (secondary N) is 2. The van der Waals surface area contributed by atoms with Crippen LogP contribution in [0.1, 0.15) is 61.5 Å². The maximum atomic E-state index is 13.2. The second-order valence-electron chi connectivity index (χ2n) is 11.6. The highest BCUT2D eigenvalue weighted by atomic mass is 79.9. The Kier molecular flexibility index (Phi) is 8.84. The number of amides is 3. The second-order valence-corrected chi connectivity index (χ2v) is 12.8. The van der Waals surface area contributed by atoms with Gasteiger partial charge in [-0.1, -0.05) is 11.6 Å². The van der Waals surface area contributed by atoms with E-state index in [1.54, 1.807) is 46.5 Å². The quantitative estimate of drug-likeness (QED) is 0.410. The number of nitrogens with zero attached hydrogens (tertiary/aromatic N) is 4. The molecule has 218 valence electrons. The topological polar surface area (TPSA) is 129 Å². The summed E-state index contributed by atoms with van der Waals surface area (Å²) in [6.07, 6.45) is 2.40. The van der Waals surface area contributed by atoms with Crippen molar-refractivity contribution < 1.29 is 24.2 Å². The van der Waals surface area contributed by atoms with Gasteiger partial charge in [0.25, 0.3) is 11.8 Å². The maximum absolute atomic E-state index is 13.2. The molecule has 0 radical (unpaired) electrons. The first-order valence-electron chi connectivity index (χ1n) is 13.2. The van der Waals surface area contributed by atoms with Crippen LogP contribution < -0.4 is 10.6 Å². The van der Waals surface area contributed by atoms with Crippen LogP contribution in [0.2, 0.25) is 5.02 Å². The van der Waals surface area contributed by atoms with Gasteiger partial charge in [0.1, 0.15) is 15.9 Å². The predicted molar refractivity (Wildman–Crippen MR) is 154 cm³/mol. The van der Waals surface area contributed by atoms with Crippen LogP contribution in [0.3, 0.4) is 0 Å². The van der Waals surface area contributed by atoms with E-state index in [1.165, 1.54) is 6.20 Å². The lowest BCUT2D eigenvalue weighted by Gasteiger charge is -2.46. The lowest BCUT2D eigenvalue weighted by Crippen LogP contribution is -2.67. The highest BCUT2D eigenvalue weighted by Crippen LogP contribution is 2.30. The lowest BCUT2D eigenvalue weighted by atomic mass is 9.86. The first-order valence-corrected chi connectivity index (χ1v) is 14.4. The van der Waals surface area contributed by atoms with Crippen LogP contribution in [0.25, 0.3) is 0 Å². The molecule has 13 heteroatoms. The van der Waals surface area contributed by atoms with Crippen LogP contribution in [0.4, 0.5) is 10.5 Å². The van der Waals surface area contributed by atoms with Gasteiger partial charge in [-0.15, -0.1) is 0 Å². The van der Waals surface area contributed by atoms with Crippen molar-refractivity contribution in [3.8, 4) is 0 Å². The zero-order valence-corrected chi connectivity index (χ0v) is 25.7. The molecule has 1 aromatic carbocycles. The third-order valence-electron chi connectivity index (χ3n) is 7.20. The Balaban J connectivity index is 1.27. The Labute approximate surface area is 247 Å². The SMILES string of the molecule is Cn1c(Br)cnc1C(=O)Nc1ccc(C(=O)N2CCC(C(C)(O)NC3CN(C(=O)OC(C)(C)C)C3)CC2)c(Cl)c1. The molecule has 3 N–H and O–H groups in total. The van der Waals surface area contributed by atoms with E-state index in [4.69, 9.17) is 16.3 Å². The molecule has 1 aromatic heterocycles. The van der Waals surface area contributed by atoms with Gasteiger partial charge in [0.2, 0.25) is 0 Å². The minimum Gasteiger partial charge on any atom is -0.444 e. The van der Waals surface area contributed by atoms with E-state index in [0.717, 1.165) is 0 Å². The van der Waals surface area contributed by atoms with E-state index in [9.17, 15) is 19.5 Å². The number of hydrogen-bond donors (Lipinski definition) is 3. The molecule has 0 saturated carbocycles. The Hall–Kier alpha value is -2.67. The number of imidazole rings is 1. The van der Waals surface area contributed by atoms with Crippen LogP contribution in [-0.2, 0) is 11.8 Å². The molecule has 4 rings (SSSR count). The van der Waals surface area contributed by atoms with Crippen molar-refractivity contribution in [1.29, 1.82) is 0 Å². The fourth-order valence-electron chi connectivity index (χ4n) is 4.94. The molecule has 0 spiro atoms. The van der Waals surface area contributed by atoms with Crippen LogP contribution in [-0.4, -0.2) is 85.9 Å². The summed E-state index contributed by atoms with van der Waals surface area (Å²) in [6, 6.07) is 4.76. The summed E-state index contributed by atoms with van der Waals surface area (Å²) in [5, 5.41) is 17.4. The van der Waals surface area contributed by atoms with Gasteiger partial charge in [0, 0.05) is 50.9 Å². The highest BCUT2D eigenvalue weighted by Gasteiger charge is 2.41. The van der Waals surface area contributed by atoms with Crippen molar-refractivity contribution in [2.45, 2.75) is 57.9 Å². The number of hydrogen-bond acceptors (Lipinski definition) is 7. The van der Waals surface area contributed by atoms with Gasteiger partial charge in [-0.2, -0.15) is 0 Å². The summed E-state index contributed by atoms with van der Waals surface area (Å²) >= 11 is 9.76. The number of rotatable bonds is 6. The fraction of sp³-hybridized carbons (Fsp3) is 0.556. The van der Waals surface area contributed by atoms with E-state index in [1.807, 2.05) is 20.8 Å². The Morgan fingerprint density at radius 1 is 1.12 bits per heavy atom. The molecule has 2 aromatic rings.